The zero-order valence-corrected chi connectivity index (χ0v) is 13.4. The van der Waals surface area contributed by atoms with Crippen molar-refractivity contribution >= 4 is 0 Å². The maximum atomic E-state index is 3.51. The summed E-state index contributed by atoms with van der Waals surface area (Å²) in [5.74, 6) is 0.726. The fourth-order valence-corrected chi connectivity index (χ4v) is 2.44. The third kappa shape index (κ3) is 5.78. The molecule has 0 heterocycles. The summed E-state index contributed by atoms with van der Waals surface area (Å²) in [6, 6.07) is 9.16. The van der Waals surface area contributed by atoms with Crippen LogP contribution in [0.3, 0.4) is 0 Å². The first kappa shape index (κ1) is 16.2. The van der Waals surface area contributed by atoms with Crippen LogP contribution in [0.5, 0.6) is 0 Å². The lowest BCUT2D eigenvalue weighted by Gasteiger charge is -2.26. The van der Waals surface area contributed by atoms with Gasteiger partial charge in [0.2, 0.25) is 0 Å². The van der Waals surface area contributed by atoms with Gasteiger partial charge in [0.1, 0.15) is 0 Å². The van der Waals surface area contributed by atoms with Crippen LogP contribution >= 0.6 is 0 Å². The summed E-state index contributed by atoms with van der Waals surface area (Å²) >= 11 is 0. The predicted octanol–water partition coefficient (Wildman–Crippen LogP) is 4.55. The van der Waals surface area contributed by atoms with Crippen molar-refractivity contribution in [2.45, 2.75) is 59.3 Å². The van der Waals surface area contributed by atoms with E-state index in [0.717, 1.165) is 19.0 Å². The van der Waals surface area contributed by atoms with Gasteiger partial charge in [-0.2, -0.15) is 0 Å². The van der Waals surface area contributed by atoms with Crippen molar-refractivity contribution in [2.75, 3.05) is 13.1 Å². The lowest BCUT2D eigenvalue weighted by Crippen LogP contribution is -2.26. The summed E-state index contributed by atoms with van der Waals surface area (Å²) in [7, 11) is 0. The van der Waals surface area contributed by atoms with Crippen LogP contribution in [0.2, 0.25) is 0 Å². The molecule has 0 spiro atoms. The molecule has 0 aromatic heterocycles. The van der Waals surface area contributed by atoms with Crippen molar-refractivity contribution in [2.24, 2.45) is 5.92 Å². The van der Waals surface area contributed by atoms with Crippen LogP contribution in [0.15, 0.2) is 24.3 Å². The van der Waals surface area contributed by atoms with Gasteiger partial charge in [0.05, 0.1) is 0 Å². The van der Waals surface area contributed by atoms with E-state index in [2.05, 4.69) is 64.2 Å². The van der Waals surface area contributed by atoms with Crippen LogP contribution in [0.4, 0.5) is 0 Å². The van der Waals surface area contributed by atoms with Crippen LogP contribution < -0.4 is 5.32 Å². The van der Waals surface area contributed by atoms with E-state index in [1.165, 1.54) is 30.4 Å². The van der Waals surface area contributed by atoms with Crippen molar-refractivity contribution in [1.29, 1.82) is 0 Å². The highest BCUT2D eigenvalue weighted by Gasteiger charge is 2.20. The topological polar surface area (TPSA) is 12.0 Å². The van der Waals surface area contributed by atoms with Gasteiger partial charge < -0.3 is 5.32 Å². The third-order valence-electron chi connectivity index (χ3n) is 3.71. The summed E-state index contributed by atoms with van der Waals surface area (Å²) in [6.07, 6.45) is 3.58. The van der Waals surface area contributed by atoms with E-state index in [1.807, 2.05) is 0 Å². The Balaban J connectivity index is 2.65. The van der Waals surface area contributed by atoms with Crippen LogP contribution in [-0.2, 0) is 11.8 Å². The van der Waals surface area contributed by atoms with E-state index in [4.69, 9.17) is 0 Å². The average molecular weight is 261 g/mol. The summed E-state index contributed by atoms with van der Waals surface area (Å²) in [4.78, 5) is 0. The van der Waals surface area contributed by atoms with Gasteiger partial charge in [-0.15, -0.1) is 0 Å². The molecule has 0 aliphatic rings. The third-order valence-corrected chi connectivity index (χ3v) is 3.71. The Kier molecular flexibility index (Phi) is 6.57. The Bertz CT molecular complexity index is 366. The van der Waals surface area contributed by atoms with Gasteiger partial charge in [0, 0.05) is 0 Å². The summed E-state index contributed by atoms with van der Waals surface area (Å²) in [5, 5.41) is 3.51. The minimum Gasteiger partial charge on any atom is -0.317 e. The van der Waals surface area contributed by atoms with Gasteiger partial charge in [-0.25, -0.2) is 0 Å². The summed E-state index contributed by atoms with van der Waals surface area (Å²) in [6.45, 7) is 13.7. The Labute approximate surface area is 119 Å². The molecule has 1 heteroatoms. The van der Waals surface area contributed by atoms with Gasteiger partial charge in [0.25, 0.3) is 0 Å². The summed E-state index contributed by atoms with van der Waals surface area (Å²) in [5.41, 5.74) is 3.21. The van der Waals surface area contributed by atoms with E-state index >= 15 is 0 Å². The lowest BCUT2D eigenvalue weighted by molar-refractivity contribution is 0.456. The fourth-order valence-electron chi connectivity index (χ4n) is 2.44. The molecule has 0 bridgehead atoms. The second kappa shape index (κ2) is 7.69. The van der Waals surface area contributed by atoms with Crippen molar-refractivity contribution in [3.05, 3.63) is 35.4 Å². The molecule has 0 fully saturated rings. The van der Waals surface area contributed by atoms with E-state index in [1.54, 1.807) is 0 Å². The van der Waals surface area contributed by atoms with Crippen molar-refractivity contribution in [3.8, 4) is 0 Å². The molecule has 0 aliphatic heterocycles. The first-order valence-electron chi connectivity index (χ1n) is 7.76. The molecular formula is C18H31N. The highest BCUT2D eigenvalue weighted by molar-refractivity contribution is 5.29. The molecule has 1 nitrogen and oxygen atoms in total. The molecule has 1 aromatic rings. The zero-order valence-electron chi connectivity index (χ0n) is 13.4. The summed E-state index contributed by atoms with van der Waals surface area (Å²) < 4.78 is 0. The molecule has 0 saturated carbocycles. The molecule has 0 aliphatic carbocycles. The number of rotatable bonds is 8. The molecular weight excluding hydrogens is 230 g/mol. The van der Waals surface area contributed by atoms with Crippen molar-refractivity contribution in [1.82, 2.24) is 5.32 Å². The van der Waals surface area contributed by atoms with Gasteiger partial charge in [-0.1, -0.05) is 58.9 Å². The number of hydrogen-bond donors (Lipinski definition) is 1. The molecule has 1 rings (SSSR count). The molecule has 0 saturated heterocycles. The predicted molar refractivity (Wildman–Crippen MR) is 85.8 cm³/mol. The second-order valence-corrected chi connectivity index (χ2v) is 6.68. The zero-order chi connectivity index (χ0) is 14.3. The SMILES string of the molecule is CCCNCCC(C)(C)c1cccc(CC(C)C)c1. The maximum Gasteiger partial charge on any atom is -0.00406 e. The Hall–Kier alpha value is -0.820. The molecule has 0 radical (unpaired) electrons. The van der Waals surface area contributed by atoms with Crippen LogP contribution in [-0.4, -0.2) is 13.1 Å². The largest absolute Gasteiger partial charge is 0.317 e. The van der Waals surface area contributed by atoms with E-state index in [9.17, 15) is 0 Å². The number of nitrogens with one attached hydrogen (secondary N) is 1. The first-order valence-corrected chi connectivity index (χ1v) is 7.76. The minimum atomic E-state index is 0.258. The van der Waals surface area contributed by atoms with Crippen molar-refractivity contribution < 1.29 is 0 Å². The van der Waals surface area contributed by atoms with Crippen LogP contribution in [0.1, 0.15) is 58.6 Å². The number of benzene rings is 1. The Morgan fingerprint density at radius 3 is 2.53 bits per heavy atom. The Morgan fingerprint density at radius 1 is 1.16 bits per heavy atom. The normalized spacial score (nSPS) is 12.1. The second-order valence-electron chi connectivity index (χ2n) is 6.68. The van der Waals surface area contributed by atoms with Crippen LogP contribution in [0.25, 0.3) is 0 Å². The van der Waals surface area contributed by atoms with Gasteiger partial charge >= 0.3 is 0 Å². The fraction of sp³-hybridized carbons (Fsp3) is 0.667. The standard InChI is InChI=1S/C18H31N/c1-6-11-19-12-10-18(4,5)17-9-7-8-16(14-17)13-15(2)3/h7-9,14-15,19H,6,10-13H2,1-5H3. The molecule has 0 atom stereocenters. The molecule has 1 aromatic carbocycles. The Morgan fingerprint density at radius 2 is 1.89 bits per heavy atom. The molecule has 1 N–H and O–H groups in total. The molecule has 0 amide bonds. The highest BCUT2D eigenvalue weighted by Crippen LogP contribution is 2.27. The minimum absolute atomic E-state index is 0.258. The maximum absolute atomic E-state index is 3.51. The molecule has 19 heavy (non-hydrogen) atoms. The average Bonchev–Trinajstić information content (AvgIpc) is 2.34. The first-order chi connectivity index (χ1) is 8.95. The highest BCUT2D eigenvalue weighted by atomic mass is 14.8. The van der Waals surface area contributed by atoms with Gasteiger partial charge in [-0.3, -0.25) is 0 Å². The van der Waals surface area contributed by atoms with Gasteiger partial charge in [0.15, 0.2) is 0 Å². The van der Waals surface area contributed by atoms with Crippen molar-refractivity contribution in [3.63, 3.8) is 0 Å². The monoisotopic (exact) mass is 261 g/mol. The van der Waals surface area contributed by atoms with E-state index < -0.39 is 0 Å². The van der Waals surface area contributed by atoms with E-state index in [0.29, 0.717) is 0 Å². The molecule has 108 valence electrons. The van der Waals surface area contributed by atoms with E-state index in [-0.39, 0.29) is 5.41 Å². The number of hydrogen-bond acceptors (Lipinski definition) is 1. The quantitative estimate of drug-likeness (QED) is 0.677. The smallest absolute Gasteiger partial charge is 0.00406 e. The van der Waals surface area contributed by atoms with Gasteiger partial charge in [-0.05, 0) is 54.8 Å². The molecule has 0 unspecified atom stereocenters. The lowest BCUT2D eigenvalue weighted by atomic mass is 9.80. The van der Waals surface area contributed by atoms with Crippen LogP contribution in [0, 0.1) is 5.92 Å².